The van der Waals surface area contributed by atoms with Gasteiger partial charge >= 0.3 is 5.69 Å². The average Bonchev–Trinajstić information content (AvgIpc) is 2.79. The van der Waals surface area contributed by atoms with E-state index in [9.17, 15) is 22.9 Å². The zero-order valence-corrected chi connectivity index (χ0v) is 10.9. The fourth-order valence-corrected chi connectivity index (χ4v) is 2.80. The molecule has 0 aliphatic heterocycles. The summed E-state index contributed by atoms with van der Waals surface area (Å²) in [5.41, 5.74) is -0.859. The molecule has 0 spiro atoms. The van der Waals surface area contributed by atoms with Gasteiger partial charge in [-0.2, -0.15) is 4.39 Å². The maximum atomic E-state index is 13.4. The van der Waals surface area contributed by atoms with Gasteiger partial charge in [0.2, 0.25) is 11.8 Å². The molecule has 0 saturated carbocycles. The molecular formula is C10H9FN4O4S. The number of aromatic nitrogens is 2. The second kappa shape index (κ2) is 4.89. The number of hydrogen-bond donors (Lipinski definition) is 2. The van der Waals surface area contributed by atoms with Crippen molar-refractivity contribution >= 4 is 21.7 Å². The third-order valence-electron chi connectivity index (χ3n) is 2.46. The van der Waals surface area contributed by atoms with Crippen molar-refractivity contribution in [1.29, 1.82) is 0 Å². The normalized spacial score (nSPS) is 11.3. The Bertz CT molecular complexity index is 758. The van der Waals surface area contributed by atoms with Crippen LogP contribution in [0, 0.1) is 22.9 Å². The Labute approximate surface area is 112 Å². The van der Waals surface area contributed by atoms with E-state index >= 15 is 0 Å². The molecule has 8 nitrogen and oxygen atoms in total. The van der Waals surface area contributed by atoms with Crippen molar-refractivity contribution in [2.75, 3.05) is 4.72 Å². The molecule has 0 fully saturated rings. The summed E-state index contributed by atoms with van der Waals surface area (Å²) in [6, 6.07) is 1.48. The first-order valence-electron chi connectivity index (χ1n) is 5.28. The summed E-state index contributed by atoms with van der Waals surface area (Å²) in [6.07, 6.45) is 2.73. The van der Waals surface area contributed by atoms with E-state index in [4.69, 9.17) is 0 Å². The minimum absolute atomic E-state index is 0.0450. The van der Waals surface area contributed by atoms with E-state index in [1.807, 2.05) is 0 Å². The highest BCUT2D eigenvalue weighted by Gasteiger charge is 2.24. The lowest BCUT2D eigenvalue weighted by atomic mass is 10.2. The van der Waals surface area contributed by atoms with Gasteiger partial charge < -0.3 is 4.98 Å². The highest BCUT2D eigenvalue weighted by Crippen LogP contribution is 2.26. The maximum absolute atomic E-state index is 13.4. The number of aromatic amines is 1. The standard InChI is InChI=1S/C10H9FN4O4S/c1-6-4-7(11)8(15(16)17)5-9(6)20(18,19)14-10-12-2-3-13-10/h2-5H,1H3,(H2,12,13,14). The van der Waals surface area contributed by atoms with Crippen LogP contribution in [0.3, 0.4) is 0 Å². The van der Waals surface area contributed by atoms with Crippen molar-refractivity contribution in [2.24, 2.45) is 0 Å². The van der Waals surface area contributed by atoms with Crippen LogP contribution in [0.5, 0.6) is 0 Å². The first-order chi connectivity index (χ1) is 9.31. The molecular weight excluding hydrogens is 291 g/mol. The van der Waals surface area contributed by atoms with Crippen molar-refractivity contribution < 1.29 is 17.7 Å². The van der Waals surface area contributed by atoms with Crippen LogP contribution in [0.1, 0.15) is 5.56 Å². The monoisotopic (exact) mass is 300 g/mol. The van der Waals surface area contributed by atoms with Gasteiger partial charge in [0, 0.05) is 18.5 Å². The van der Waals surface area contributed by atoms with E-state index in [-0.39, 0.29) is 16.4 Å². The van der Waals surface area contributed by atoms with E-state index < -0.39 is 26.5 Å². The molecule has 0 amide bonds. The number of aryl methyl sites for hydroxylation is 1. The SMILES string of the molecule is Cc1cc(F)c([N+](=O)[O-])cc1S(=O)(=O)Nc1ncc[nH]1. The van der Waals surface area contributed by atoms with Crippen LogP contribution in [0.2, 0.25) is 0 Å². The summed E-state index contributed by atoms with van der Waals surface area (Å²) in [6.45, 7) is 1.34. The number of rotatable bonds is 4. The van der Waals surface area contributed by atoms with Gasteiger partial charge in [0.05, 0.1) is 9.82 Å². The Kier molecular flexibility index (Phi) is 3.40. The Hall–Kier alpha value is -2.49. The van der Waals surface area contributed by atoms with Crippen molar-refractivity contribution in [2.45, 2.75) is 11.8 Å². The lowest BCUT2D eigenvalue weighted by Crippen LogP contribution is -2.15. The number of H-pyrrole nitrogens is 1. The Morgan fingerprint density at radius 2 is 2.15 bits per heavy atom. The predicted molar refractivity (Wildman–Crippen MR) is 67.2 cm³/mol. The lowest BCUT2D eigenvalue weighted by Gasteiger charge is -2.08. The second-order valence-electron chi connectivity index (χ2n) is 3.87. The van der Waals surface area contributed by atoms with Gasteiger partial charge in [-0.15, -0.1) is 0 Å². The number of nitrogens with one attached hydrogen (secondary N) is 2. The van der Waals surface area contributed by atoms with Gasteiger partial charge in [-0.25, -0.2) is 18.1 Å². The van der Waals surface area contributed by atoms with Gasteiger partial charge in [-0.05, 0) is 18.6 Å². The van der Waals surface area contributed by atoms with Gasteiger partial charge in [-0.1, -0.05) is 0 Å². The third-order valence-corrected chi connectivity index (χ3v) is 3.94. The Morgan fingerprint density at radius 1 is 1.45 bits per heavy atom. The molecule has 10 heteroatoms. The number of anilines is 1. The molecule has 2 rings (SSSR count). The van der Waals surface area contributed by atoms with E-state index in [2.05, 4.69) is 14.7 Å². The molecule has 2 aromatic rings. The molecule has 20 heavy (non-hydrogen) atoms. The largest absolute Gasteiger partial charge is 0.330 e. The van der Waals surface area contributed by atoms with Gasteiger partial charge in [-0.3, -0.25) is 10.1 Å². The topological polar surface area (TPSA) is 118 Å². The summed E-state index contributed by atoms with van der Waals surface area (Å²) in [5.74, 6) is -1.14. The average molecular weight is 300 g/mol. The number of benzene rings is 1. The predicted octanol–water partition coefficient (Wildman–Crippen LogP) is 1.57. The van der Waals surface area contributed by atoms with Crippen LogP contribution < -0.4 is 4.72 Å². The zero-order chi connectivity index (χ0) is 14.9. The molecule has 0 radical (unpaired) electrons. The van der Waals surface area contributed by atoms with E-state index in [0.717, 1.165) is 6.07 Å². The van der Waals surface area contributed by atoms with E-state index in [1.54, 1.807) is 0 Å². The molecule has 0 aliphatic carbocycles. The van der Waals surface area contributed by atoms with Crippen LogP contribution in [0.15, 0.2) is 29.4 Å². The zero-order valence-electron chi connectivity index (χ0n) is 10.1. The van der Waals surface area contributed by atoms with Gasteiger partial charge in [0.15, 0.2) is 0 Å². The summed E-state index contributed by atoms with van der Waals surface area (Å²) in [4.78, 5) is 15.5. The number of imidazole rings is 1. The molecule has 0 aliphatic rings. The Balaban J connectivity index is 2.51. The van der Waals surface area contributed by atoms with Crippen molar-refractivity contribution in [3.05, 3.63) is 46.0 Å². The molecule has 0 saturated heterocycles. The van der Waals surface area contributed by atoms with Crippen molar-refractivity contribution in [1.82, 2.24) is 9.97 Å². The molecule has 1 aromatic carbocycles. The first-order valence-corrected chi connectivity index (χ1v) is 6.76. The van der Waals surface area contributed by atoms with E-state index in [1.165, 1.54) is 19.3 Å². The number of nitrogens with zero attached hydrogens (tertiary/aromatic N) is 2. The minimum Gasteiger partial charge on any atom is -0.330 e. The summed E-state index contributed by atoms with van der Waals surface area (Å²) in [5, 5.41) is 10.7. The molecule has 2 N–H and O–H groups in total. The second-order valence-corrected chi connectivity index (χ2v) is 5.52. The maximum Gasteiger partial charge on any atom is 0.306 e. The first kappa shape index (κ1) is 13.9. The van der Waals surface area contributed by atoms with Crippen LogP contribution in [0.25, 0.3) is 0 Å². The van der Waals surface area contributed by atoms with E-state index in [0.29, 0.717) is 6.07 Å². The lowest BCUT2D eigenvalue weighted by molar-refractivity contribution is -0.387. The molecule has 0 atom stereocenters. The number of hydrogen-bond acceptors (Lipinski definition) is 5. The third kappa shape index (κ3) is 2.59. The molecule has 1 aromatic heterocycles. The number of nitro benzene ring substituents is 1. The van der Waals surface area contributed by atoms with Crippen molar-refractivity contribution in [3.8, 4) is 0 Å². The van der Waals surface area contributed by atoms with Crippen molar-refractivity contribution in [3.63, 3.8) is 0 Å². The van der Waals surface area contributed by atoms with Crippen LogP contribution >= 0.6 is 0 Å². The Morgan fingerprint density at radius 3 is 2.70 bits per heavy atom. The minimum atomic E-state index is -4.10. The quantitative estimate of drug-likeness (QED) is 0.656. The molecule has 0 unspecified atom stereocenters. The van der Waals surface area contributed by atoms with Crippen LogP contribution in [-0.2, 0) is 10.0 Å². The van der Waals surface area contributed by atoms with Crippen LogP contribution in [0.4, 0.5) is 16.0 Å². The number of nitro groups is 1. The summed E-state index contributed by atoms with van der Waals surface area (Å²) in [7, 11) is -4.10. The summed E-state index contributed by atoms with van der Waals surface area (Å²) < 4.78 is 39.7. The van der Waals surface area contributed by atoms with Gasteiger partial charge in [0.25, 0.3) is 10.0 Å². The fourth-order valence-electron chi connectivity index (χ4n) is 1.57. The fraction of sp³-hybridized carbons (Fsp3) is 0.100. The highest BCUT2D eigenvalue weighted by atomic mass is 32.2. The number of sulfonamides is 1. The van der Waals surface area contributed by atoms with Crippen LogP contribution in [-0.4, -0.2) is 23.3 Å². The van der Waals surface area contributed by atoms with Gasteiger partial charge in [0.1, 0.15) is 0 Å². The number of halogens is 1. The molecule has 106 valence electrons. The summed E-state index contributed by atoms with van der Waals surface area (Å²) >= 11 is 0. The molecule has 0 bridgehead atoms. The smallest absolute Gasteiger partial charge is 0.306 e. The highest BCUT2D eigenvalue weighted by molar-refractivity contribution is 7.92. The molecule has 1 heterocycles.